The molecule has 0 saturated heterocycles. The monoisotopic (exact) mass is 282 g/mol. The van der Waals surface area contributed by atoms with Crippen LogP contribution in [0.25, 0.3) is 0 Å². The predicted octanol–water partition coefficient (Wildman–Crippen LogP) is 2.36. The molecule has 1 amide bonds. The Balaban J connectivity index is 2.77. The van der Waals surface area contributed by atoms with E-state index in [2.05, 4.69) is 5.32 Å². The van der Waals surface area contributed by atoms with Crippen LogP contribution in [0.3, 0.4) is 0 Å². The largest absolute Gasteiger partial charge is 0.494 e. The molecule has 0 aliphatic heterocycles. The Kier molecular flexibility index (Phi) is 5.04. The summed E-state index contributed by atoms with van der Waals surface area (Å²) in [5, 5.41) is 13.2. The first-order valence-corrected chi connectivity index (χ1v) is 5.99. The van der Waals surface area contributed by atoms with Gasteiger partial charge < -0.3 is 14.8 Å². The number of nitrogens with zero attached hydrogens (tertiary/aromatic N) is 1. The summed E-state index contributed by atoms with van der Waals surface area (Å²) in [4.78, 5) is 21.8. The quantitative estimate of drug-likeness (QED) is 0.661. The summed E-state index contributed by atoms with van der Waals surface area (Å²) in [5.74, 6) is -0.129. The van der Waals surface area contributed by atoms with E-state index < -0.39 is 10.5 Å². The van der Waals surface area contributed by atoms with Gasteiger partial charge in [-0.2, -0.15) is 0 Å². The number of benzene rings is 1. The molecule has 0 aromatic heterocycles. The van der Waals surface area contributed by atoms with Gasteiger partial charge in [0.15, 0.2) is 0 Å². The van der Waals surface area contributed by atoms with Gasteiger partial charge in [0.25, 0.3) is 5.69 Å². The third-order valence-corrected chi connectivity index (χ3v) is 2.31. The highest BCUT2D eigenvalue weighted by molar-refractivity contribution is 5.93. The number of carbonyl (C=O) groups is 1. The van der Waals surface area contributed by atoms with E-state index >= 15 is 0 Å². The van der Waals surface area contributed by atoms with Crippen molar-refractivity contribution in [2.24, 2.45) is 0 Å². The van der Waals surface area contributed by atoms with Gasteiger partial charge in [-0.3, -0.25) is 14.9 Å². The number of anilines is 1. The van der Waals surface area contributed by atoms with Crippen LogP contribution >= 0.6 is 0 Å². The second-order valence-corrected chi connectivity index (χ2v) is 5.09. The number of hydrogen-bond acceptors (Lipinski definition) is 5. The lowest BCUT2D eigenvalue weighted by molar-refractivity contribution is -0.384. The first kappa shape index (κ1) is 15.9. The van der Waals surface area contributed by atoms with Gasteiger partial charge in [0.1, 0.15) is 12.4 Å². The molecule has 0 unspecified atom stereocenters. The minimum Gasteiger partial charge on any atom is -0.494 e. The minimum atomic E-state index is -0.531. The van der Waals surface area contributed by atoms with Crippen LogP contribution in [0.2, 0.25) is 0 Å². The minimum absolute atomic E-state index is 0.106. The fraction of sp³-hybridized carbons (Fsp3) is 0.462. The van der Waals surface area contributed by atoms with Crippen molar-refractivity contribution in [1.82, 2.24) is 0 Å². The molecule has 1 aromatic rings. The summed E-state index contributed by atoms with van der Waals surface area (Å²) < 4.78 is 10.4. The SMILES string of the molecule is COc1cc([N+](=O)[O-])ccc1NC(=O)COC(C)(C)C. The van der Waals surface area contributed by atoms with Crippen molar-refractivity contribution in [2.75, 3.05) is 19.0 Å². The summed E-state index contributed by atoms with van der Waals surface area (Å²) in [7, 11) is 1.38. The van der Waals surface area contributed by atoms with E-state index in [-0.39, 0.29) is 24.0 Å². The molecule has 1 aromatic carbocycles. The van der Waals surface area contributed by atoms with Gasteiger partial charge in [-0.15, -0.1) is 0 Å². The molecule has 0 fully saturated rings. The number of methoxy groups -OCH3 is 1. The maximum Gasteiger partial charge on any atom is 0.273 e. The molecule has 0 radical (unpaired) electrons. The molecule has 20 heavy (non-hydrogen) atoms. The molecule has 0 heterocycles. The highest BCUT2D eigenvalue weighted by atomic mass is 16.6. The number of nitrogens with one attached hydrogen (secondary N) is 1. The summed E-state index contributed by atoms with van der Waals surface area (Å²) in [6, 6.07) is 3.97. The maximum atomic E-state index is 11.7. The lowest BCUT2D eigenvalue weighted by Gasteiger charge is -2.19. The van der Waals surface area contributed by atoms with Crippen LogP contribution in [-0.2, 0) is 9.53 Å². The summed E-state index contributed by atoms with van der Waals surface area (Å²) in [6.07, 6.45) is 0. The highest BCUT2D eigenvalue weighted by Gasteiger charge is 2.16. The number of hydrogen-bond donors (Lipinski definition) is 1. The van der Waals surface area contributed by atoms with Crippen molar-refractivity contribution in [3.05, 3.63) is 28.3 Å². The van der Waals surface area contributed by atoms with Crippen molar-refractivity contribution >= 4 is 17.3 Å². The fourth-order valence-corrected chi connectivity index (χ4v) is 1.37. The molecule has 7 nitrogen and oxygen atoms in total. The smallest absolute Gasteiger partial charge is 0.273 e. The zero-order valence-corrected chi connectivity index (χ0v) is 11.9. The van der Waals surface area contributed by atoms with Gasteiger partial charge >= 0.3 is 0 Å². The number of non-ortho nitro benzene ring substituents is 1. The van der Waals surface area contributed by atoms with Crippen LogP contribution < -0.4 is 10.1 Å². The molecule has 1 N–H and O–H groups in total. The number of carbonyl (C=O) groups excluding carboxylic acids is 1. The summed E-state index contributed by atoms with van der Waals surface area (Å²) >= 11 is 0. The Labute approximate surface area is 117 Å². The van der Waals surface area contributed by atoms with Crippen molar-refractivity contribution in [2.45, 2.75) is 26.4 Å². The van der Waals surface area contributed by atoms with Gasteiger partial charge in [-0.1, -0.05) is 0 Å². The Morgan fingerprint density at radius 3 is 2.55 bits per heavy atom. The molecular formula is C13H18N2O5. The maximum absolute atomic E-state index is 11.7. The van der Waals surface area contributed by atoms with Crippen molar-refractivity contribution in [3.63, 3.8) is 0 Å². The summed E-state index contributed by atoms with van der Waals surface area (Å²) in [6.45, 7) is 5.41. The van der Waals surface area contributed by atoms with Crippen molar-refractivity contribution < 1.29 is 19.2 Å². The van der Waals surface area contributed by atoms with Crippen LogP contribution in [0, 0.1) is 10.1 Å². The van der Waals surface area contributed by atoms with Gasteiger partial charge in [0.05, 0.1) is 29.4 Å². The predicted molar refractivity (Wildman–Crippen MR) is 74.0 cm³/mol. The Morgan fingerprint density at radius 2 is 2.05 bits per heavy atom. The van der Waals surface area contributed by atoms with Crippen LogP contribution in [0.1, 0.15) is 20.8 Å². The number of ether oxygens (including phenoxy) is 2. The van der Waals surface area contributed by atoms with Gasteiger partial charge in [0.2, 0.25) is 5.91 Å². The van der Waals surface area contributed by atoms with E-state index in [1.807, 2.05) is 20.8 Å². The average molecular weight is 282 g/mol. The standard InChI is InChI=1S/C13H18N2O5/c1-13(2,3)20-8-12(16)14-10-6-5-9(15(17)18)7-11(10)19-4/h5-7H,8H2,1-4H3,(H,14,16). The molecule has 110 valence electrons. The van der Waals surface area contributed by atoms with Crippen LogP contribution in [-0.4, -0.2) is 30.1 Å². The second-order valence-electron chi connectivity index (χ2n) is 5.09. The van der Waals surface area contributed by atoms with Crippen molar-refractivity contribution in [3.8, 4) is 5.75 Å². The second kappa shape index (κ2) is 6.33. The molecule has 7 heteroatoms. The van der Waals surface area contributed by atoms with E-state index in [4.69, 9.17) is 9.47 Å². The number of nitro groups is 1. The lowest BCUT2D eigenvalue weighted by atomic mass is 10.2. The van der Waals surface area contributed by atoms with Gasteiger partial charge in [-0.05, 0) is 26.8 Å². The highest BCUT2D eigenvalue weighted by Crippen LogP contribution is 2.28. The molecule has 0 atom stereocenters. The van der Waals surface area contributed by atoms with Crippen molar-refractivity contribution in [1.29, 1.82) is 0 Å². The topological polar surface area (TPSA) is 90.7 Å². The molecule has 0 aliphatic rings. The van der Waals surface area contributed by atoms with Crippen LogP contribution in [0.15, 0.2) is 18.2 Å². The van der Waals surface area contributed by atoms with E-state index in [1.54, 1.807) is 0 Å². The van der Waals surface area contributed by atoms with E-state index in [9.17, 15) is 14.9 Å². The first-order valence-electron chi connectivity index (χ1n) is 5.99. The normalized spacial score (nSPS) is 11.0. The first-order chi connectivity index (χ1) is 9.23. The fourth-order valence-electron chi connectivity index (χ4n) is 1.37. The molecular weight excluding hydrogens is 264 g/mol. The van der Waals surface area contributed by atoms with E-state index in [0.717, 1.165) is 0 Å². The number of amides is 1. The van der Waals surface area contributed by atoms with E-state index in [1.165, 1.54) is 25.3 Å². The molecule has 0 saturated carbocycles. The molecule has 1 rings (SSSR count). The Bertz CT molecular complexity index is 508. The molecule has 0 spiro atoms. The third kappa shape index (κ3) is 4.85. The zero-order chi connectivity index (χ0) is 15.3. The van der Waals surface area contributed by atoms with Crippen LogP contribution in [0.5, 0.6) is 5.75 Å². The van der Waals surface area contributed by atoms with E-state index in [0.29, 0.717) is 5.69 Å². The number of nitro benzene ring substituents is 1. The molecule has 0 bridgehead atoms. The third-order valence-electron chi connectivity index (χ3n) is 2.31. The Morgan fingerprint density at radius 1 is 1.40 bits per heavy atom. The van der Waals surface area contributed by atoms with Crippen LogP contribution in [0.4, 0.5) is 11.4 Å². The zero-order valence-electron chi connectivity index (χ0n) is 11.9. The number of rotatable bonds is 5. The molecule has 0 aliphatic carbocycles. The lowest BCUT2D eigenvalue weighted by Crippen LogP contribution is -2.27. The van der Waals surface area contributed by atoms with Gasteiger partial charge in [-0.25, -0.2) is 0 Å². The average Bonchev–Trinajstić information content (AvgIpc) is 2.35. The van der Waals surface area contributed by atoms with Gasteiger partial charge in [0, 0.05) is 6.07 Å². The summed E-state index contributed by atoms with van der Waals surface area (Å²) in [5.41, 5.74) is -0.164. The Hall–Kier alpha value is -2.15.